The van der Waals surface area contributed by atoms with Crippen LogP contribution in [0.4, 0.5) is 24.5 Å². The maximum atomic E-state index is 14.2. The quantitative estimate of drug-likeness (QED) is 0.381. The van der Waals surface area contributed by atoms with Gasteiger partial charge in [0.1, 0.15) is 0 Å². The first-order valence-electron chi connectivity index (χ1n) is 13.0. The molecule has 0 radical (unpaired) electrons. The van der Waals surface area contributed by atoms with E-state index >= 15 is 0 Å². The first-order valence-corrected chi connectivity index (χ1v) is 13.0. The molecular weight excluding hydrogens is 537 g/mol. The maximum Gasteiger partial charge on any atom is 0.471 e. The average Bonchev–Trinajstić information content (AvgIpc) is 3.10. The monoisotopic (exact) mass is 566 g/mol. The van der Waals surface area contributed by atoms with Gasteiger partial charge in [0.25, 0.3) is 0 Å². The number of halogens is 3. The van der Waals surface area contributed by atoms with Crippen LogP contribution in [0.5, 0.6) is 17.2 Å². The fraction of sp³-hybridized carbons (Fsp3) is 0.290. The van der Waals surface area contributed by atoms with Gasteiger partial charge >= 0.3 is 12.1 Å². The number of methoxy groups -OCH3 is 3. The molecule has 0 saturated heterocycles. The molecule has 1 aliphatic heterocycles. The third kappa shape index (κ3) is 5.10. The van der Waals surface area contributed by atoms with Crippen molar-refractivity contribution in [3.63, 3.8) is 0 Å². The summed E-state index contributed by atoms with van der Waals surface area (Å²) in [6.45, 7) is 1.97. The normalized spacial score (nSPS) is 18.6. The number of hydrogen-bond donors (Lipinski definition) is 1. The van der Waals surface area contributed by atoms with E-state index in [1.54, 1.807) is 18.2 Å². The van der Waals surface area contributed by atoms with E-state index in [0.29, 0.717) is 17.0 Å². The number of amides is 1. The Labute approximate surface area is 235 Å². The third-order valence-corrected chi connectivity index (χ3v) is 7.50. The van der Waals surface area contributed by atoms with Crippen LogP contribution < -0.4 is 24.4 Å². The molecule has 0 unspecified atom stereocenters. The zero-order valence-electron chi connectivity index (χ0n) is 23.0. The zero-order valence-corrected chi connectivity index (χ0v) is 23.0. The molecule has 5 rings (SSSR count). The second-order valence-corrected chi connectivity index (χ2v) is 10.0. The van der Waals surface area contributed by atoms with Gasteiger partial charge < -0.3 is 19.5 Å². The van der Waals surface area contributed by atoms with Crippen molar-refractivity contribution in [3.05, 3.63) is 88.6 Å². The van der Waals surface area contributed by atoms with E-state index in [9.17, 15) is 22.8 Å². The molecule has 1 N–H and O–H groups in total. The summed E-state index contributed by atoms with van der Waals surface area (Å²) < 4.78 is 59.0. The number of nitrogens with zero attached hydrogens (tertiary/aromatic N) is 1. The molecule has 2 aliphatic rings. The fourth-order valence-corrected chi connectivity index (χ4v) is 5.60. The highest BCUT2D eigenvalue weighted by molar-refractivity contribution is 6.07. The predicted octanol–water partition coefficient (Wildman–Crippen LogP) is 6.48. The SMILES string of the molecule is COc1cc([C@@H]2C3=C(C[C@@H](c4ccc(C)cc4)CC3=O)Nc3ccccc3N2C(=O)C(F)(F)F)cc(OC)c1OC. The lowest BCUT2D eigenvalue weighted by Gasteiger charge is -2.35. The molecule has 1 aliphatic carbocycles. The molecule has 0 bridgehead atoms. The summed E-state index contributed by atoms with van der Waals surface area (Å²) in [5.41, 5.74) is 3.02. The summed E-state index contributed by atoms with van der Waals surface area (Å²) in [6, 6.07) is 15.6. The molecule has 2 atom stereocenters. The highest BCUT2D eigenvalue weighted by atomic mass is 19.4. The minimum atomic E-state index is -5.22. The summed E-state index contributed by atoms with van der Waals surface area (Å²) in [4.78, 5) is 27.9. The Hall–Kier alpha value is -4.47. The van der Waals surface area contributed by atoms with Crippen LogP contribution in [0.25, 0.3) is 0 Å². The summed E-state index contributed by atoms with van der Waals surface area (Å²) >= 11 is 0. The maximum absolute atomic E-state index is 14.2. The molecule has 0 saturated carbocycles. The molecule has 7 nitrogen and oxygen atoms in total. The third-order valence-electron chi connectivity index (χ3n) is 7.50. The van der Waals surface area contributed by atoms with Crippen LogP contribution in [0.1, 0.15) is 41.5 Å². The molecule has 41 heavy (non-hydrogen) atoms. The van der Waals surface area contributed by atoms with E-state index in [0.717, 1.165) is 11.1 Å². The molecule has 3 aromatic rings. The van der Waals surface area contributed by atoms with Gasteiger partial charge in [-0.3, -0.25) is 14.5 Å². The summed E-state index contributed by atoms with van der Waals surface area (Å²) in [5, 5.41) is 3.23. The standard InChI is InChI=1S/C31H29F3N2O5/c1-17-9-11-18(12-10-17)19-13-22-27(24(37)14-19)28(20-15-25(39-2)29(41-4)26(16-20)40-3)36(30(38)31(32,33)34)23-8-6-5-7-21(23)35-22/h5-12,15-16,19,28,35H,13-14H2,1-4H3/t19-,28-/m1/s1. The van der Waals surface area contributed by atoms with Crippen molar-refractivity contribution in [3.8, 4) is 17.2 Å². The Morgan fingerprint density at radius 1 is 0.902 bits per heavy atom. The van der Waals surface area contributed by atoms with Gasteiger partial charge in [-0.1, -0.05) is 42.0 Å². The lowest BCUT2D eigenvalue weighted by Crippen LogP contribution is -2.45. The molecule has 1 heterocycles. The van der Waals surface area contributed by atoms with E-state index in [4.69, 9.17) is 14.2 Å². The van der Waals surface area contributed by atoms with Crippen LogP contribution in [-0.4, -0.2) is 39.2 Å². The first kappa shape index (κ1) is 28.1. The molecule has 0 spiro atoms. The van der Waals surface area contributed by atoms with Crippen molar-refractivity contribution in [1.82, 2.24) is 0 Å². The topological polar surface area (TPSA) is 77.1 Å². The van der Waals surface area contributed by atoms with Gasteiger partial charge in [-0.2, -0.15) is 13.2 Å². The Kier molecular flexibility index (Phi) is 7.42. The number of hydrogen-bond acceptors (Lipinski definition) is 6. The Morgan fingerprint density at radius 3 is 2.12 bits per heavy atom. The number of fused-ring (bicyclic) bond motifs is 1. The van der Waals surface area contributed by atoms with Crippen molar-refractivity contribution in [2.45, 2.75) is 37.9 Å². The number of benzene rings is 3. The van der Waals surface area contributed by atoms with Crippen molar-refractivity contribution < 1.29 is 37.0 Å². The lowest BCUT2D eigenvalue weighted by molar-refractivity contribution is -0.170. The number of allylic oxidation sites excluding steroid dienone is 1. The molecule has 0 fully saturated rings. The average molecular weight is 567 g/mol. The Balaban J connectivity index is 1.78. The number of aryl methyl sites for hydroxylation is 1. The number of carbonyl (C=O) groups excluding carboxylic acids is 2. The number of nitrogens with one attached hydrogen (secondary N) is 1. The second kappa shape index (κ2) is 10.8. The van der Waals surface area contributed by atoms with Crippen LogP contribution in [-0.2, 0) is 9.59 Å². The highest BCUT2D eigenvalue weighted by Gasteiger charge is 2.50. The summed E-state index contributed by atoms with van der Waals surface area (Å²) in [5.74, 6) is -2.09. The van der Waals surface area contributed by atoms with Crippen molar-refractivity contribution >= 4 is 23.1 Å². The van der Waals surface area contributed by atoms with Crippen molar-refractivity contribution in [2.75, 3.05) is 31.5 Å². The van der Waals surface area contributed by atoms with E-state index < -0.39 is 18.1 Å². The summed E-state index contributed by atoms with van der Waals surface area (Å²) in [6.07, 6.45) is -4.80. The van der Waals surface area contributed by atoms with Crippen molar-refractivity contribution in [1.29, 1.82) is 0 Å². The van der Waals surface area contributed by atoms with Gasteiger partial charge in [0, 0.05) is 17.7 Å². The molecule has 0 aromatic heterocycles. The Bertz CT molecular complexity index is 1510. The van der Waals surface area contributed by atoms with E-state index in [2.05, 4.69) is 5.32 Å². The largest absolute Gasteiger partial charge is 0.493 e. The summed E-state index contributed by atoms with van der Waals surface area (Å²) in [7, 11) is 4.17. The van der Waals surface area contributed by atoms with Crippen LogP contribution in [0.2, 0.25) is 0 Å². The highest BCUT2D eigenvalue weighted by Crippen LogP contribution is 2.50. The van der Waals surface area contributed by atoms with Gasteiger partial charge in [-0.15, -0.1) is 0 Å². The van der Waals surface area contributed by atoms with Crippen LogP contribution in [0.15, 0.2) is 71.9 Å². The van der Waals surface area contributed by atoms with Crippen LogP contribution >= 0.6 is 0 Å². The second-order valence-electron chi connectivity index (χ2n) is 10.0. The Morgan fingerprint density at radius 2 is 1.54 bits per heavy atom. The number of carbonyl (C=O) groups is 2. The number of Topliss-reactive ketones (excluding diaryl/α,β-unsaturated/α-hetero) is 1. The first-order chi connectivity index (χ1) is 19.6. The van der Waals surface area contributed by atoms with Crippen molar-refractivity contribution in [2.24, 2.45) is 0 Å². The minimum Gasteiger partial charge on any atom is -0.493 e. The molecule has 3 aromatic carbocycles. The fourth-order valence-electron chi connectivity index (χ4n) is 5.60. The van der Waals surface area contributed by atoms with Gasteiger partial charge in [-0.05, 0) is 54.7 Å². The van der Waals surface area contributed by atoms with Gasteiger partial charge in [-0.25, -0.2) is 0 Å². The zero-order chi connectivity index (χ0) is 29.5. The smallest absolute Gasteiger partial charge is 0.471 e. The minimum absolute atomic E-state index is 0.0114. The predicted molar refractivity (Wildman–Crippen MR) is 148 cm³/mol. The van der Waals surface area contributed by atoms with Crippen LogP contribution in [0, 0.1) is 6.92 Å². The number of anilines is 2. The molecule has 214 valence electrons. The van der Waals surface area contributed by atoms with Gasteiger partial charge in [0.2, 0.25) is 5.75 Å². The van der Waals surface area contributed by atoms with E-state index in [-0.39, 0.29) is 57.9 Å². The number of ketones is 1. The number of rotatable bonds is 5. The lowest BCUT2D eigenvalue weighted by atomic mass is 9.78. The molecular formula is C31H29F3N2O5. The molecule has 10 heteroatoms. The molecule has 1 amide bonds. The van der Waals surface area contributed by atoms with E-state index in [1.807, 2.05) is 31.2 Å². The van der Waals surface area contributed by atoms with Crippen LogP contribution in [0.3, 0.4) is 0 Å². The van der Waals surface area contributed by atoms with Gasteiger partial charge in [0.15, 0.2) is 17.3 Å². The number of alkyl halides is 3. The number of ether oxygens (including phenoxy) is 3. The van der Waals surface area contributed by atoms with E-state index in [1.165, 1.54) is 39.5 Å². The number of para-hydroxylation sites is 2. The van der Waals surface area contributed by atoms with Gasteiger partial charge in [0.05, 0.1) is 38.7 Å².